The van der Waals surface area contributed by atoms with E-state index in [0.29, 0.717) is 42.2 Å². The molecule has 0 saturated carbocycles. The molecule has 0 spiro atoms. The Morgan fingerprint density at radius 2 is 2.25 bits per heavy atom. The number of halogens is 1. The van der Waals surface area contributed by atoms with E-state index in [9.17, 15) is 4.79 Å². The fourth-order valence-corrected chi connectivity index (χ4v) is 3.74. The summed E-state index contributed by atoms with van der Waals surface area (Å²) in [4.78, 5) is 11.7. The molecule has 1 aromatic carbocycles. The number of aromatic nitrogens is 3. The van der Waals surface area contributed by atoms with Crippen LogP contribution in [0.25, 0.3) is 11.4 Å². The molecule has 0 N–H and O–H groups in total. The molecule has 1 aliphatic rings. The van der Waals surface area contributed by atoms with E-state index in [4.69, 9.17) is 21.1 Å². The molecule has 1 saturated heterocycles. The van der Waals surface area contributed by atoms with E-state index in [1.54, 1.807) is 7.11 Å². The van der Waals surface area contributed by atoms with Gasteiger partial charge >= 0.3 is 5.97 Å². The summed E-state index contributed by atoms with van der Waals surface area (Å²) in [5.74, 6) is 0.510. The van der Waals surface area contributed by atoms with Gasteiger partial charge in [-0.25, -0.2) is 0 Å². The van der Waals surface area contributed by atoms with Crippen LogP contribution in [0.2, 0.25) is 5.02 Å². The van der Waals surface area contributed by atoms with Crippen LogP contribution >= 0.6 is 23.4 Å². The highest BCUT2D eigenvalue weighted by Crippen LogP contribution is 2.33. The van der Waals surface area contributed by atoms with Gasteiger partial charge in [0.2, 0.25) is 0 Å². The smallest absolute Gasteiger partial charge is 0.319 e. The molecule has 0 unspecified atom stereocenters. The van der Waals surface area contributed by atoms with E-state index in [1.165, 1.54) is 11.8 Å². The minimum Gasteiger partial charge on any atom is -0.465 e. The molecule has 2 heterocycles. The van der Waals surface area contributed by atoms with Crippen molar-refractivity contribution < 1.29 is 14.3 Å². The summed E-state index contributed by atoms with van der Waals surface area (Å²) in [5, 5.41) is 9.68. The third kappa shape index (κ3) is 3.74. The van der Waals surface area contributed by atoms with Crippen molar-refractivity contribution in [3.8, 4) is 11.4 Å². The summed E-state index contributed by atoms with van der Waals surface area (Å²) in [7, 11) is 1.67. The zero-order chi connectivity index (χ0) is 16.9. The lowest BCUT2D eigenvalue weighted by molar-refractivity contribution is -0.137. The molecule has 1 aromatic heterocycles. The van der Waals surface area contributed by atoms with Crippen molar-refractivity contribution in [2.75, 3.05) is 20.3 Å². The van der Waals surface area contributed by atoms with E-state index >= 15 is 0 Å². The number of esters is 1. The van der Waals surface area contributed by atoms with E-state index < -0.39 is 0 Å². The Kier molecular flexibility index (Phi) is 5.76. The zero-order valence-electron chi connectivity index (χ0n) is 13.3. The third-order valence-electron chi connectivity index (χ3n) is 3.70. The van der Waals surface area contributed by atoms with Gasteiger partial charge in [0.05, 0.1) is 11.6 Å². The summed E-state index contributed by atoms with van der Waals surface area (Å²) >= 11 is 7.70. The molecule has 0 amide bonds. The highest BCUT2D eigenvalue weighted by Gasteiger charge is 2.30. The molecule has 0 aliphatic carbocycles. The normalized spacial score (nSPS) is 17.2. The second-order valence-electron chi connectivity index (χ2n) is 5.35. The highest BCUT2D eigenvalue weighted by molar-refractivity contribution is 8.00. The summed E-state index contributed by atoms with van der Waals surface area (Å²) in [6.45, 7) is 1.78. The lowest BCUT2D eigenvalue weighted by Crippen LogP contribution is -2.12. The average molecular weight is 368 g/mol. The zero-order valence-corrected chi connectivity index (χ0v) is 14.8. The van der Waals surface area contributed by atoms with Crippen LogP contribution in [0.3, 0.4) is 0 Å². The van der Waals surface area contributed by atoms with Crippen molar-refractivity contribution in [3.63, 3.8) is 0 Å². The third-order valence-corrected chi connectivity index (χ3v) is 5.25. The second kappa shape index (κ2) is 8.00. The minimum absolute atomic E-state index is 0.189. The Morgan fingerprint density at radius 3 is 2.96 bits per heavy atom. The monoisotopic (exact) mass is 367 g/mol. The molecule has 0 radical (unpaired) electrons. The van der Waals surface area contributed by atoms with Crippen LogP contribution in [0.15, 0.2) is 29.4 Å². The van der Waals surface area contributed by atoms with Crippen molar-refractivity contribution in [3.05, 3.63) is 29.3 Å². The molecule has 1 fully saturated rings. The summed E-state index contributed by atoms with van der Waals surface area (Å²) in [5.41, 5.74) is 0.824. The maximum Gasteiger partial charge on any atom is 0.319 e. The van der Waals surface area contributed by atoms with E-state index in [-0.39, 0.29) is 11.2 Å². The second-order valence-corrected chi connectivity index (χ2v) is 6.92. The number of nitrogens with zero attached hydrogens (tertiary/aromatic N) is 3. The van der Waals surface area contributed by atoms with Gasteiger partial charge in [-0.3, -0.25) is 4.79 Å². The topological polar surface area (TPSA) is 66.2 Å². The Morgan fingerprint density at radius 1 is 1.42 bits per heavy atom. The first-order valence-electron chi connectivity index (χ1n) is 7.71. The van der Waals surface area contributed by atoms with Crippen molar-refractivity contribution in [1.82, 2.24) is 14.8 Å². The molecule has 6 nitrogen and oxygen atoms in total. The molecule has 24 heavy (non-hydrogen) atoms. The van der Waals surface area contributed by atoms with Crippen LogP contribution in [0.5, 0.6) is 0 Å². The number of rotatable bonds is 7. The van der Waals surface area contributed by atoms with Gasteiger partial charge in [0, 0.05) is 32.2 Å². The molecular weight excluding hydrogens is 350 g/mol. The molecule has 128 valence electrons. The summed E-state index contributed by atoms with van der Waals surface area (Å²) < 4.78 is 12.2. The van der Waals surface area contributed by atoms with Gasteiger partial charge in [-0.15, -0.1) is 10.2 Å². The Hall–Kier alpha value is -1.57. The maximum atomic E-state index is 11.7. The standard InChI is InChI=1S/C16H18ClN3O3S/c1-22-9-4-8-20-14(11-5-2-3-6-12(11)17)18-19-16(20)24-13-7-10-23-15(13)21/h2-3,5-6,13H,4,7-10H2,1H3/t13-/m0/s1. The lowest BCUT2D eigenvalue weighted by atomic mass is 10.2. The van der Waals surface area contributed by atoms with Crippen molar-refractivity contribution in [2.45, 2.75) is 29.8 Å². The molecule has 8 heteroatoms. The molecule has 1 atom stereocenters. The van der Waals surface area contributed by atoms with Gasteiger partial charge < -0.3 is 14.0 Å². The van der Waals surface area contributed by atoms with Crippen molar-refractivity contribution in [1.29, 1.82) is 0 Å². The van der Waals surface area contributed by atoms with Gasteiger partial charge in [0.25, 0.3) is 0 Å². The van der Waals surface area contributed by atoms with Gasteiger partial charge in [0.15, 0.2) is 11.0 Å². The quantitative estimate of drug-likeness (QED) is 0.553. The summed E-state index contributed by atoms with van der Waals surface area (Å²) in [6.07, 6.45) is 1.50. The predicted molar refractivity (Wildman–Crippen MR) is 92.2 cm³/mol. The van der Waals surface area contributed by atoms with Crippen LogP contribution in [0, 0.1) is 0 Å². The number of ether oxygens (including phenoxy) is 2. The number of carbonyl (C=O) groups is 1. The van der Waals surface area contributed by atoms with Crippen LogP contribution in [-0.2, 0) is 20.8 Å². The first-order valence-corrected chi connectivity index (χ1v) is 8.97. The van der Waals surface area contributed by atoms with Gasteiger partial charge in [-0.05, 0) is 18.6 Å². The molecule has 1 aliphatic heterocycles. The van der Waals surface area contributed by atoms with Gasteiger partial charge in [-0.2, -0.15) is 0 Å². The number of benzene rings is 1. The van der Waals surface area contributed by atoms with Gasteiger partial charge in [-0.1, -0.05) is 35.5 Å². The van der Waals surface area contributed by atoms with Crippen LogP contribution < -0.4 is 0 Å². The van der Waals surface area contributed by atoms with E-state index in [1.807, 2.05) is 28.8 Å². The molecule has 0 bridgehead atoms. The van der Waals surface area contributed by atoms with E-state index in [2.05, 4.69) is 10.2 Å². The van der Waals surface area contributed by atoms with Crippen LogP contribution in [0.1, 0.15) is 12.8 Å². The first kappa shape index (κ1) is 17.3. The number of hydrogen-bond acceptors (Lipinski definition) is 6. The average Bonchev–Trinajstić information content (AvgIpc) is 3.16. The molecule has 3 rings (SSSR count). The Labute approximate surface area is 149 Å². The van der Waals surface area contributed by atoms with E-state index in [0.717, 1.165) is 12.0 Å². The van der Waals surface area contributed by atoms with Gasteiger partial charge in [0.1, 0.15) is 5.25 Å². The van der Waals surface area contributed by atoms with Crippen LogP contribution in [-0.4, -0.2) is 46.3 Å². The lowest BCUT2D eigenvalue weighted by Gasteiger charge is -2.12. The molecule has 2 aromatic rings. The summed E-state index contributed by atoms with van der Waals surface area (Å²) in [6, 6.07) is 7.53. The number of hydrogen-bond donors (Lipinski definition) is 0. The fourth-order valence-electron chi connectivity index (χ4n) is 2.50. The SMILES string of the molecule is COCCCn1c(S[C@H]2CCOC2=O)nnc1-c1ccccc1Cl. The highest BCUT2D eigenvalue weighted by atomic mass is 35.5. The number of methoxy groups -OCH3 is 1. The van der Waals surface area contributed by atoms with Crippen molar-refractivity contribution >= 4 is 29.3 Å². The fraction of sp³-hybridized carbons (Fsp3) is 0.438. The van der Waals surface area contributed by atoms with Crippen LogP contribution in [0.4, 0.5) is 0 Å². The van der Waals surface area contributed by atoms with Crippen molar-refractivity contribution in [2.24, 2.45) is 0 Å². The molecular formula is C16H18ClN3O3S. The number of thioether (sulfide) groups is 1. The number of cyclic esters (lactones) is 1. The Balaban J connectivity index is 1.90. The first-order chi connectivity index (χ1) is 11.7. The minimum atomic E-state index is -0.227. The predicted octanol–water partition coefficient (Wildman–Crippen LogP) is 3.04. The maximum absolute atomic E-state index is 11.7. The largest absolute Gasteiger partial charge is 0.465 e. The Bertz CT molecular complexity index is 722. The number of carbonyl (C=O) groups excluding carboxylic acids is 1.